The standard InChI is InChI=1S/C15H15BrN2O/c16-9-1-4-13-11(7-9)15(17-10-2-3-10)12-8-19-6-5-14(12)18-13/h1,4,7,10H,2-3,5-6,8H2,(H,17,18). The number of halogens is 1. The third-order valence-corrected chi connectivity index (χ3v) is 4.28. The second-order valence-corrected chi connectivity index (χ2v) is 6.21. The Morgan fingerprint density at radius 1 is 1.32 bits per heavy atom. The van der Waals surface area contributed by atoms with Gasteiger partial charge in [0.05, 0.1) is 30.1 Å². The quantitative estimate of drug-likeness (QED) is 0.917. The molecule has 98 valence electrons. The molecule has 19 heavy (non-hydrogen) atoms. The molecule has 1 aromatic carbocycles. The van der Waals surface area contributed by atoms with Crippen LogP contribution in [0.15, 0.2) is 22.7 Å². The topological polar surface area (TPSA) is 34.2 Å². The first-order valence-electron chi connectivity index (χ1n) is 6.76. The Labute approximate surface area is 120 Å². The van der Waals surface area contributed by atoms with Crippen molar-refractivity contribution >= 4 is 32.5 Å². The van der Waals surface area contributed by atoms with Crippen LogP contribution in [0.5, 0.6) is 0 Å². The van der Waals surface area contributed by atoms with Crippen molar-refractivity contribution in [3.8, 4) is 0 Å². The summed E-state index contributed by atoms with van der Waals surface area (Å²) in [6.45, 7) is 1.46. The highest BCUT2D eigenvalue weighted by Gasteiger charge is 2.25. The molecule has 2 aliphatic rings. The van der Waals surface area contributed by atoms with Crippen LogP contribution in [-0.4, -0.2) is 17.6 Å². The molecule has 0 saturated heterocycles. The predicted molar refractivity (Wildman–Crippen MR) is 79.4 cm³/mol. The number of fused-ring (bicyclic) bond motifs is 2. The van der Waals surface area contributed by atoms with Gasteiger partial charge in [-0.25, -0.2) is 0 Å². The summed E-state index contributed by atoms with van der Waals surface area (Å²) in [5.74, 6) is 0. The first-order chi connectivity index (χ1) is 9.31. The van der Waals surface area contributed by atoms with Crippen LogP contribution in [0, 0.1) is 0 Å². The highest BCUT2D eigenvalue weighted by atomic mass is 79.9. The maximum absolute atomic E-state index is 5.63. The molecule has 3 nitrogen and oxygen atoms in total. The van der Waals surface area contributed by atoms with Crippen molar-refractivity contribution in [1.29, 1.82) is 0 Å². The van der Waals surface area contributed by atoms with Crippen molar-refractivity contribution in [2.45, 2.75) is 31.9 Å². The second kappa shape index (κ2) is 4.46. The van der Waals surface area contributed by atoms with Gasteiger partial charge >= 0.3 is 0 Å². The smallest absolute Gasteiger partial charge is 0.0755 e. The van der Waals surface area contributed by atoms with E-state index in [1.165, 1.54) is 35.2 Å². The summed E-state index contributed by atoms with van der Waals surface area (Å²) < 4.78 is 6.72. The molecule has 1 fully saturated rings. The van der Waals surface area contributed by atoms with E-state index in [4.69, 9.17) is 9.72 Å². The maximum Gasteiger partial charge on any atom is 0.0755 e. The number of benzene rings is 1. The van der Waals surface area contributed by atoms with Crippen LogP contribution < -0.4 is 5.32 Å². The zero-order valence-corrected chi connectivity index (χ0v) is 12.2. The molecule has 1 aromatic heterocycles. The number of hydrogen-bond donors (Lipinski definition) is 1. The summed E-state index contributed by atoms with van der Waals surface area (Å²) in [5, 5.41) is 4.87. The van der Waals surface area contributed by atoms with Crippen LogP contribution in [0.2, 0.25) is 0 Å². The predicted octanol–water partition coefficient (Wildman–Crippen LogP) is 3.64. The summed E-state index contributed by atoms with van der Waals surface area (Å²) in [7, 11) is 0. The van der Waals surface area contributed by atoms with Gasteiger partial charge in [-0.15, -0.1) is 0 Å². The zero-order chi connectivity index (χ0) is 12.8. The molecular formula is C15H15BrN2O. The third-order valence-electron chi connectivity index (χ3n) is 3.79. The average Bonchev–Trinajstić information content (AvgIpc) is 3.23. The molecule has 2 aromatic rings. The molecule has 0 radical (unpaired) electrons. The largest absolute Gasteiger partial charge is 0.381 e. The van der Waals surface area contributed by atoms with E-state index >= 15 is 0 Å². The molecular weight excluding hydrogens is 304 g/mol. The number of nitrogens with zero attached hydrogens (tertiary/aromatic N) is 1. The number of hydrogen-bond acceptors (Lipinski definition) is 3. The van der Waals surface area contributed by atoms with Gasteiger partial charge in [0, 0.05) is 27.9 Å². The van der Waals surface area contributed by atoms with Gasteiger partial charge in [-0.05, 0) is 31.0 Å². The number of aromatic nitrogens is 1. The van der Waals surface area contributed by atoms with E-state index in [0.29, 0.717) is 12.6 Å². The van der Waals surface area contributed by atoms with Gasteiger partial charge in [0.2, 0.25) is 0 Å². The van der Waals surface area contributed by atoms with Crippen molar-refractivity contribution < 1.29 is 4.74 Å². The molecule has 1 aliphatic heterocycles. The fourth-order valence-electron chi connectivity index (χ4n) is 2.63. The van der Waals surface area contributed by atoms with Gasteiger partial charge in [-0.2, -0.15) is 0 Å². The molecule has 0 unspecified atom stereocenters. The van der Waals surface area contributed by atoms with Crippen LogP contribution >= 0.6 is 15.9 Å². The van der Waals surface area contributed by atoms with Gasteiger partial charge in [0.15, 0.2) is 0 Å². The highest BCUT2D eigenvalue weighted by Crippen LogP contribution is 2.36. The van der Waals surface area contributed by atoms with Gasteiger partial charge in [0.25, 0.3) is 0 Å². The Bertz CT molecular complexity index is 652. The van der Waals surface area contributed by atoms with Crippen LogP contribution in [0.25, 0.3) is 10.9 Å². The normalized spacial score (nSPS) is 18.4. The lowest BCUT2D eigenvalue weighted by molar-refractivity contribution is 0.110. The molecule has 1 aliphatic carbocycles. The minimum atomic E-state index is 0.635. The van der Waals surface area contributed by atoms with Crippen LogP contribution in [0.3, 0.4) is 0 Å². The van der Waals surface area contributed by atoms with E-state index in [2.05, 4.69) is 39.4 Å². The van der Waals surface area contributed by atoms with Crippen LogP contribution in [-0.2, 0) is 17.8 Å². The van der Waals surface area contributed by atoms with Crippen molar-refractivity contribution in [2.75, 3.05) is 11.9 Å². The summed E-state index contributed by atoms with van der Waals surface area (Å²) in [6.07, 6.45) is 3.46. The lowest BCUT2D eigenvalue weighted by Gasteiger charge is -2.22. The fraction of sp³-hybridized carbons (Fsp3) is 0.400. The second-order valence-electron chi connectivity index (χ2n) is 5.29. The maximum atomic E-state index is 5.63. The van der Waals surface area contributed by atoms with E-state index in [-0.39, 0.29) is 0 Å². The molecule has 0 spiro atoms. The Balaban J connectivity index is 1.96. The van der Waals surface area contributed by atoms with Crippen molar-refractivity contribution in [2.24, 2.45) is 0 Å². The highest BCUT2D eigenvalue weighted by molar-refractivity contribution is 9.10. The number of anilines is 1. The lowest BCUT2D eigenvalue weighted by atomic mass is 10.0. The van der Waals surface area contributed by atoms with Crippen molar-refractivity contribution in [3.05, 3.63) is 33.9 Å². The molecule has 1 N–H and O–H groups in total. The minimum Gasteiger partial charge on any atom is -0.381 e. The number of ether oxygens (including phenoxy) is 1. The summed E-state index contributed by atoms with van der Waals surface area (Å²) >= 11 is 3.56. The molecule has 0 atom stereocenters. The Morgan fingerprint density at radius 3 is 3.05 bits per heavy atom. The molecule has 4 rings (SSSR count). The van der Waals surface area contributed by atoms with Gasteiger partial charge < -0.3 is 10.1 Å². The SMILES string of the molecule is Brc1ccc2nc3c(c(NC4CC4)c2c1)COCC3. The number of pyridine rings is 1. The minimum absolute atomic E-state index is 0.635. The number of rotatable bonds is 2. The Kier molecular flexibility index (Phi) is 2.74. The first kappa shape index (κ1) is 11.7. The third kappa shape index (κ3) is 2.13. The Hall–Kier alpha value is -1.13. The van der Waals surface area contributed by atoms with E-state index in [1.807, 2.05) is 0 Å². The molecule has 0 bridgehead atoms. The van der Waals surface area contributed by atoms with Crippen molar-refractivity contribution in [1.82, 2.24) is 4.98 Å². The summed E-state index contributed by atoms with van der Waals surface area (Å²) in [4.78, 5) is 4.80. The van der Waals surface area contributed by atoms with Gasteiger partial charge in [-0.3, -0.25) is 4.98 Å². The Morgan fingerprint density at radius 2 is 2.21 bits per heavy atom. The molecule has 4 heteroatoms. The fourth-order valence-corrected chi connectivity index (χ4v) is 2.99. The van der Waals surface area contributed by atoms with E-state index in [9.17, 15) is 0 Å². The zero-order valence-electron chi connectivity index (χ0n) is 10.6. The number of nitrogens with one attached hydrogen (secondary N) is 1. The van der Waals surface area contributed by atoms with Crippen molar-refractivity contribution in [3.63, 3.8) is 0 Å². The molecule has 1 saturated carbocycles. The summed E-state index contributed by atoms with van der Waals surface area (Å²) in [6, 6.07) is 6.94. The van der Waals surface area contributed by atoms with Crippen LogP contribution in [0.4, 0.5) is 5.69 Å². The van der Waals surface area contributed by atoms with E-state index < -0.39 is 0 Å². The van der Waals surface area contributed by atoms with Gasteiger partial charge in [-0.1, -0.05) is 15.9 Å². The van der Waals surface area contributed by atoms with Crippen LogP contribution in [0.1, 0.15) is 24.1 Å². The lowest BCUT2D eigenvalue weighted by Crippen LogP contribution is -2.16. The van der Waals surface area contributed by atoms with E-state index in [0.717, 1.165) is 23.0 Å². The first-order valence-corrected chi connectivity index (χ1v) is 7.56. The summed E-state index contributed by atoms with van der Waals surface area (Å²) in [5.41, 5.74) is 4.77. The van der Waals surface area contributed by atoms with Gasteiger partial charge in [0.1, 0.15) is 0 Å². The molecule has 0 amide bonds. The average molecular weight is 319 g/mol. The monoisotopic (exact) mass is 318 g/mol. The molecule has 2 heterocycles. The van der Waals surface area contributed by atoms with E-state index in [1.54, 1.807) is 0 Å².